The summed E-state index contributed by atoms with van der Waals surface area (Å²) in [5.74, 6) is 0.270. The Morgan fingerprint density at radius 2 is 1.56 bits per heavy atom. The molecule has 16 heavy (non-hydrogen) atoms. The molecule has 0 fully saturated rings. The zero-order valence-electron chi connectivity index (χ0n) is 8.31. The van der Waals surface area contributed by atoms with Crippen molar-refractivity contribution in [3.05, 3.63) is 29.8 Å². The van der Waals surface area contributed by atoms with E-state index in [-0.39, 0.29) is 5.75 Å². The first-order valence-electron chi connectivity index (χ1n) is 4.31. The van der Waals surface area contributed by atoms with Gasteiger partial charge in [0, 0.05) is 5.56 Å². The fraction of sp³-hybridized carbons (Fsp3) is 0.400. The van der Waals surface area contributed by atoms with Crippen LogP contribution in [0.1, 0.15) is 5.56 Å². The molecule has 1 aromatic rings. The van der Waals surface area contributed by atoms with Crippen LogP contribution in [0.5, 0.6) is 5.75 Å². The second-order valence-corrected chi connectivity index (χ2v) is 3.16. The first kappa shape index (κ1) is 12.7. The highest BCUT2D eigenvalue weighted by Gasteiger charge is 2.57. The largest absolute Gasteiger partial charge is 0.497 e. The lowest BCUT2D eigenvalue weighted by molar-refractivity contribution is -0.240. The fourth-order valence-electron chi connectivity index (χ4n) is 1.17. The molecular formula is C10H9F5O. The molecule has 0 aliphatic carbocycles. The van der Waals surface area contributed by atoms with E-state index in [1.165, 1.54) is 7.11 Å². The van der Waals surface area contributed by atoms with Crippen LogP contribution in [0.15, 0.2) is 24.3 Å². The molecule has 0 aliphatic heterocycles. The van der Waals surface area contributed by atoms with Gasteiger partial charge in [0.15, 0.2) is 0 Å². The number of ether oxygens (including phenoxy) is 1. The van der Waals surface area contributed by atoms with Crippen molar-refractivity contribution in [3.63, 3.8) is 0 Å². The van der Waals surface area contributed by atoms with Crippen molar-refractivity contribution in [1.29, 1.82) is 0 Å². The van der Waals surface area contributed by atoms with Crippen LogP contribution in [-0.2, 0) is 5.67 Å². The Bertz CT molecular complexity index is 345. The first-order chi connectivity index (χ1) is 7.35. The van der Waals surface area contributed by atoms with Gasteiger partial charge in [0.05, 0.1) is 7.11 Å². The van der Waals surface area contributed by atoms with Crippen LogP contribution in [0.25, 0.3) is 0 Å². The summed E-state index contributed by atoms with van der Waals surface area (Å²) in [4.78, 5) is 0. The van der Waals surface area contributed by atoms with Gasteiger partial charge in [-0.2, -0.15) is 13.2 Å². The predicted octanol–water partition coefficient (Wildman–Crippen LogP) is 3.39. The average molecular weight is 240 g/mol. The highest BCUT2D eigenvalue weighted by molar-refractivity contribution is 5.32. The van der Waals surface area contributed by atoms with Crippen LogP contribution >= 0.6 is 0 Å². The molecule has 0 aliphatic rings. The second-order valence-electron chi connectivity index (χ2n) is 3.16. The van der Waals surface area contributed by atoms with Crippen LogP contribution in [0.4, 0.5) is 22.0 Å². The van der Waals surface area contributed by atoms with E-state index in [0.717, 1.165) is 24.3 Å². The number of hydrogen-bond acceptors (Lipinski definition) is 1. The van der Waals surface area contributed by atoms with Gasteiger partial charge < -0.3 is 4.74 Å². The molecule has 0 amide bonds. The molecule has 0 aromatic heterocycles. The molecule has 0 bridgehead atoms. The third-order valence-electron chi connectivity index (χ3n) is 2.18. The summed E-state index contributed by atoms with van der Waals surface area (Å²) in [5, 5.41) is 0. The van der Waals surface area contributed by atoms with Crippen molar-refractivity contribution in [1.82, 2.24) is 0 Å². The van der Waals surface area contributed by atoms with Crippen molar-refractivity contribution < 1.29 is 26.7 Å². The topological polar surface area (TPSA) is 9.23 Å². The van der Waals surface area contributed by atoms with Crippen molar-refractivity contribution >= 4 is 0 Å². The van der Waals surface area contributed by atoms with E-state index in [1.807, 2.05) is 0 Å². The van der Waals surface area contributed by atoms with E-state index in [1.54, 1.807) is 0 Å². The Morgan fingerprint density at radius 3 is 1.88 bits per heavy atom. The van der Waals surface area contributed by atoms with Gasteiger partial charge in [-0.05, 0) is 12.1 Å². The van der Waals surface area contributed by atoms with E-state index in [9.17, 15) is 22.0 Å². The van der Waals surface area contributed by atoms with Gasteiger partial charge in [-0.15, -0.1) is 0 Å². The minimum atomic E-state index is -5.28. The van der Waals surface area contributed by atoms with Gasteiger partial charge in [0.2, 0.25) is 0 Å². The summed E-state index contributed by atoms with van der Waals surface area (Å²) in [7, 11) is 1.32. The van der Waals surface area contributed by atoms with Crippen LogP contribution in [0.2, 0.25) is 0 Å². The SMILES string of the molecule is COc1ccc([C@](F)(CF)C(F)(F)F)cc1. The van der Waals surface area contributed by atoms with E-state index >= 15 is 0 Å². The molecule has 0 heterocycles. The van der Waals surface area contributed by atoms with Crippen LogP contribution in [-0.4, -0.2) is 20.0 Å². The third-order valence-corrected chi connectivity index (χ3v) is 2.18. The lowest BCUT2D eigenvalue weighted by Gasteiger charge is -2.25. The van der Waals surface area contributed by atoms with Crippen molar-refractivity contribution in [2.75, 3.05) is 13.8 Å². The van der Waals surface area contributed by atoms with Crippen molar-refractivity contribution in [2.45, 2.75) is 11.8 Å². The quantitative estimate of drug-likeness (QED) is 0.736. The molecule has 1 nitrogen and oxygen atoms in total. The lowest BCUT2D eigenvalue weighted by atomic mass is 9.96. The van der Waals surface area contributed by atoms with Gasteiger partial charge in [-0.3, -0.25) is 0 Å². The van der Waals surface area contributed by atoms with Crippen LogP contribution < -0.4 is 4.74 Å². The maximum Gasteiger partial charge on any atom is 0.429 e. The Labute approximate surface area is 88.8 Å². The average Bonchev–Trinajstić information content (AvgIpc) is 2.26. The summed E-state index contributed by atoms with van der Waals surface area (Å²) in [5.41, 5.74) is -4.73. The summed E-state index contributed by atoms with van der Waals surface area (Å²) in [6, 6.07) is 3.99. The zero-order valence-corrected chi connectivity index (χ0v) is 8.31. The van der Waals surface area contributed by atoms with E-state index in [0.29, 0.717) is 0 Å². The van der Waals surface area contributed by atoms with E-state index < -0.39 is 24.1 Å². The Kier molecular flexibility index (Phi) is 3.40. The summed E-state index contributed by atoms with van der Waals surface area (Å²) in [6.07, 6.45) is -5.28. The number of alkyl halides is 5. The molecule has 0 spiro atoms. The zero-order chi connectivity index (χ0) is 12.4. The monoisotopic (exact) mass is 240 g/mol. The number of methoxy groups -OCH3 is 1. The summed E-state index contributed by atoms with van der Waals surface area (Å²) < 4.78 is 67.4. The molecule has 0 radical (unpaired) electrons. The highest BCUT2D eigenvalue weighted by atomic mass is 19.4. The molecule has 6 heteroatoms. The van der Waals surface area contributed by atoms with E-state index in [2.05, 4.69) is 0 Å². The first-order valence-corrected chi connectivity index (χ1v) is 4.31. The van der Waals surface area contributed by atoms with Crippen molar-refractivity contribution in [3.8, 4) is 5.75 Å². The van der Waals surface area contributed by atoms with Gasteiger partial charge in [-0.25, -0.2) is 8.78 Å². The smallest absolute Gasteiger partial charge is 0.429 e. The molecule has 0 unspecified atom stereocenters. The molecular weight excluding hydrogens is 231 g/mol. The Hall–Kier alpha value is -1.33. The molecule has 1 aromatic carbocycles. The van der Waals surface area contributed by atoms with Gasteiger partial charge in [-0.1, -0.05) is 12.1 Å². The fourth-order valence-corrected chi connectivity index (χ4v) is 1.17. The standard InChI is InChI=1S/C10H9F5O/c1-16-8-4-2-7(3-5-8)9(12,6-11)10(13,14)15/h2-5H,6H2,1H3/t9-/m1/s1. The Balaban J connectivity index is 3.13. The molecule has 1 rings (SSSR count). The Morgan fingerprint density at radius 1 is 1.06 bits per heavy atom. The maximum absolute atomic E-state index is 13.5. The highest BCUT2D eigenvalue weighted by Crippen LogP contribution is 2.43. The number of halogens is 5. The molecule has 90 valence electrons. The molecule has 0 N–H and O–H groups in total. The normalized spacial score (nSPS) is 15.6. The number of hydrogen-bond donors (Lipinski definition) is 0. The van der Waals surface area contributed by atoms with Crippen molar-refractivity contribution in [2.24, 2.45) is 0 Å². The molecule has 0 saturated heterocycles. The van der Waals surface area contributed by atoms with Crippen LogP contribution in [0, 0.1) is 0 Å². The minimum absolute atomic E-state index is 0.270. The van der Waals surface area contributed by atoms with Crippen LogP contribution in [0.3, 0.4) is 0 Å². The third kappa shape index (κ3) is 2.10. The second kappa shape index (κ2) is 4.27. The maximum atomic E-state index is 13.5. The van der Waals surface area contributed by atoms with E-state index in [4.69, 9.17) is 4.74 Å². The predicted molar refractivity (Wildman–Crippen MR) is 47.8 cm³/mol. The molecule has 1 atom stereocenters. The van der Waals surface area contributed by atoms with Gasteiger partial charge in [0.25, 0.3) is 5.67 Å². The molecule has 0 saturated carbocycles. The summed E-state index contributed by atoms with van der Waals surface area (Å²) >= 11 is 0. The van der Waals surface area contributed by atoms with Gasteiger partial charge >= 0.3 is 6.18 Å². The minimum Gasteiger partial charge on any atom is -0.497 e. The number of rotatable bonds is 3. The summed E-state index contributed by atoms with van der Waals surface area (Å²) in [6.45, 7) is -2.15. The number of benzene rings is 1. The lowest BCUT2D eigenvalue weighted by Crippen LogP contribution is -2.40. The van der Waals surface area contributed by atoms with Gasteiger partial charge in [0.1, 0.15) is 12.4 Å².